The van der Waals surface area contributed by atoms with Crippen molar-refractivity contribution in [2.45, 2.75) is 12.8 Å². The Hall–Kier alpha value is -1.80. The Labute approximate surface area is 138 Å². The summed E-state index contributed by atoms with van der Waals surface area (Å²) in [6.07, 6.45) is 0.355. The minimum Gasteiger partial charge on any atom is -0.319 e. The summed E-state index contributed by atoms with van der Waals surface area (Å²) in [6.45, 7) is -0.282. The number of nitrogens with zero attached hydrogens (tertiary/aromatic N) is 3. The van der Waals surface area contributed by atoms with Crippen LogP contribution >= 0.6 is 27.3 Å². The summed E-state index contributed by atoms with van der Waals surface area (Å²) in [5, 5.41) is 0. The van der Waals surface area contributed by atoms with Gasteiger partial charge in [0, 0.05) is 24.4 Å². The first-order valence-corrected chi connectivity index (χ1v) is 8.22. The highest BCUT2D eigenvalue weighted by Gasteiger charge is 2.30. The maximum Gasteiger partial charge on any atom is 0.268 e. The van der Waals surface area contributed by atoms with Gasteiger partial charge in [-0.2, -0.15) is 4.99 Å². The van der Waals surface area contributed by atoms with Gasteiger partial charge in [-0.3, -0.25) is 19.3 Å². The molecular weight excluding hydrogens is 370 g/mol. The van der Waals surface area contributed by atoms with Crippen LogP contribution in [0.1, 0.15) is 12.8 Å². The van der Waals surface area contributed by atoms with E-state index >= 15 is 0 Å². The van der Waals surface area contributed by atoms with E-state index in [2.05, 4.69) is 20.9 Å². The van der Waals surface area contributed by atoms with Crippen LogP contribution in [0.5, 0.6) is 0 Å². The van der Waals surface area contributed by atoms with E-state index < -0.39 is 5.91 Å². The number of hydrogen-bond donors (Lipinski definition) is 0. The zero-order valence-corrected chi connectivity index (χ0v) is 14.1. The van der Waals surface area contributed by atoms with E-state index in [1.54, 1.807) is 0 Å². The highest BCUT2D eigenvalue weighted by Crippen LogP contribution is 2.21. The lowest BCUT2D eigenvalue weighted by atomic mass is 10.3. The zero-order chi connectivity index (χ0) is 15.9. The maximum atomic E-state index is 12.0. The number of hydrogen-bond acceptors (Lipinski definition) is 4. The number of likely N-dealkylation sites (tertiary alicyclic amines) is 1. The van der Waals surface area contributed by atoms with E-state index in [1.807, 2.05) is 29.8 Å². The number of carbonyl (C=O) groups excluding carboxylic acids is 3. The predicted octanol–water partition coefficient (Wildman–Crippen LogP) is 1.58. The highest BCUT2D eigenvalue weighted by atomic mass is 79.9. The Morgan fingerprint density at radius 3 is 2.68 bits per heavy atom. The fraction of sp³-hybridized carbons (Fsp3) is 0.286. The Morgan fingerprint density at radius 2 is 2.00 bits per heavy atom. The molecule has 0 N–H and O–H groups in total. The molecule has 0 spiro atoms. The molecule has 0 atom stereocenters. The molecule has 0 radical (unpaired) electrons. The van der Waals surface area contributed by atoms with Gasteiger partial charge in [0.2, 0.25) is 11.8 Å². The molecule has 1 saturated heterocycles. The van der Waals surface area contributed by atoms with Gasteiger partial charge in [-0.1, -0.05) is 27.3 Å². The maximum absolute atomic E-state index is 12.0. The van der Waals surface area contributed by atoms with E-state index in [4.69, 9.17) is 0 Å². The van der Waals surface area contributed by atoms with Crippen molar-refractivity contribution in [3.63, 3.8) is 0 Å². The fourth-order valence-corrected chi connectivity index (χ4v) is 3.88. The van der Waals surface area contributed by atoms with Crippen LogP contribution in [-0.2, 0) is 21.4 Å². The number of fused-ring (bicyclic) bond motifs is 1. The van der Waals surface area contributed by atoms with E-state index in [1.165, 1.54) is 11.3 Å². The monoisotopic (exact) mass is 381 g/mol. The first-order valence-electron chi connectivity index (χ1n) is 6.61. The number of amides is 3. The topological polar surface area (TPSA) is 71.7 Å². The van der Waals surface area contributed by atoms with Gasteiger partial charge < -0.3 is 4.57 Å². The van der Waals surface area contributed by atoms with E-state index in [0.29, 0.717) is 4.80 Å². The van der Waals surface area contributed by atoms with E-state index in [9.17, 15) is 14.4 Å². The second-order valence-electron chi connectivity index (χ2n) is 4.93. The van der Waals surface area contributed by atoms with E-state index in [0.717, 1.165) is 19.6 Å². The second-order valence-corrected chi connectivity index (χ2v) is 6.86. The molecule has 3 rings (SSSR count). The molecule has 114 valence electrons. The summed E-state index contributed by atoms with van der Waals surface area (Å²) in [5.41, 5.74) is 0.966. The largest absolute Gasteiger partial charge is 0.319 e. The number of aromatic nitrogens is 1. The summed E-state index contributed by atoms with van der Waals surface area (Å²) < 4.78 is 3.77. The van der Waals surface area contributed by atoms with Crippen molar-refractivity contribution >= 4 is 55.2 Å². The minimum atomic E-state index is -0.496. The Kier molecular flexibility index (Phi) is 3.96. The van der Waals surface area contributed by atoms with Crippen LogP contribution in [0.25, 0.3) is 10.2 Å². The number of thiazole rings is 1. The van der Waals surface area contributed by atoms with Gasteiger partial charge >= 0.3 is 0 Å². The van der Waals surface area contributed by atoms with Gasteiger partial charge in [-0.25, -0.2) is 0 Å². The molecule has 0 bridgehead atoms. The van der Waals surface area contributed by atoms with Crippen molar-refractivity contribution in [1.29, 1.82) is 0 Å². The lowest BCUT2D eigenvalue weighted by molar-refractivity contribution is -0.141. The third kappa shape index (κ3) is 2.76. The van der Waals surface area contributed by atoms with Crippen LogP contribution in [0.4, 0.5) is 0 Å². The number of benzene rings is 1. The molecular formula is C14H12BrN3O3S. The second kappa shape index (κ2) is 5.77. The molecule has 2 aromatic rings. The molecule has 0 saturated carbocycles. The van der Waals surface area contributed by atoms with Gasteiger partial charge in [-0.15, -0.1) is 0 Å². The van der Waals surface area contributed by atoms with Crippen molar-refractivity contribution in [3.8, 4) is 0 Å². The third-order valence-electron chi connectivity index (χ3n) is 3.44. The zero-order valence-electron chi connectivity index (χ0n) is 11.7. The smallest absolute Gasteiger partial charge is 0.268 e. The van der Waals surface area contributed by atoms with Crippen LogP contribution < -0.4 is 4.80 Å². The number of carbonyl (C=O) groups is 3. The first-order chi connectivity index (χ1) is 10.5. The molecule has 1 aromatic heterocycles. The van der Waals surface area contributed by atoms with Crippen LogP contribution in [0.2, 0.25) is 0 Å². The summed E-state index contributed by atoms with van der Waals surface area (Å²) in [5.74, 6) is -1.11. The van der Waals surface area contributed by atoms with Crippen molar-refractivity contribution in [1.82, 2.24) is 9.47 Å². The quantitative estimate of drug-likeness (QED) is 0.741. The molecule has 2 heterocycles. The number of halogens is 1. The van der Waals surface area contributed by atoms with Gasteiger partial charge in [0.15, 0.2) is 4.80 Å². The van der Waals surface area contributed by atoms with Gasteiger partial charge in [0.25, 0.3) is 5.91 Å². The van der Waals surface area contributed by atoms with Crippen molar-refractivity contribution < 1.29 is 14.4 Å². The molecule has 1 fully saturated rings. The van der Waals surface area contributed by atoms with Crippen LogP contribution in [0.15, 0.2) is 27.7 Å². The lowest BCUT2D eigenvalue weighted by Crippen LogP contribution is -2.34. The minimum absolute atomic E-state index is 0.177. The summed E-state index contributed by atoms with van der Waals surface area (Å²) in [4.78, 5) is 40.6. The molecule has 8 heteroatoms. The highest BCUT2D eigenvalue weighted by molar-refractivity contribution is 9.10. The Balaban J connectivity index is 1.91. The van der Waals surface area contributed by atoms with E-state index in [-0.39, 0.29) is 31.2 Å². The SMILES string of the molecule is Cn1c(=NC(=O)CN2C(=O)CCC2=O)sc2cc(Br)ccc21. The van der Waals surface area contributed by atoms with Crippen molar-refractivity contribution in [2.24, 2.45) is 12.0 Å². The Bertz CT molecular complexity index is 852. The van der Waals surface area contributed by atoms with Gasteiger partial charge in [0.1, 0.15) is 6.54 Å². The number of imide groups is 1. The fourth-order valence-electron chi connectivity index (χ4n) is 2.29. The summed E-state index contributed by atoms with van der Waals surface area (Å²) in [7, 11) is 1.82. The molecule has 1 aliphatic rings. The van der Waals surface area contributed by atoms with Crippen molar-refractivity contribution in [2.75, 3.05) is 6.54 Å². The normalized spacial score (nSPS) is 16.1. The molecule has 0 unspecified atom stereocenters. The summed E-state index contributed by atoms with van der Waals surface area (Å²) in [6, 6.07) is 5.81. The summed E-state index contributed by atoms with van der Waals surface area (Å²) >= 11 is 4.79. The molecule has 1 aliphatic heterocycles. The van der Waals surface area contributed by atoms with Crippen LogP contribution in [-0.4, -0.2) is 33.7 Å². The first kappa shape index (κ1) is 15.1. The molecule has 6 nitrogen and oxygen atoms in total. The number of aryl methyl sites for hydroxylation is 1. The van der Waals surface area contributed by atoms with Crippen LogP contribution in [0.3, 0.4) is 0 Å². The van der Waals surface area contributed by atoms with Gasteiger partial charge in [-0.05, 0) is 18.2 Å². The Morgan fingerprint density at radius 1 is 1.32 bits per heavy atom. The molecule has 1 aromatic carbocycles. The molecule has 3 amide bonds. The predicted molar refractivity (Wildman–Crippen MR) is 85.0 cm³/mol. The number of rotatable bonds is 2. The third-order valence-corrected chi connectivity index (χ3v) is 5.03. The molecule has 0 aliphatic carbocycles. The average molecular weight is 382 g/mol. The average Bonchev–Trinajstić information content (AvgIpc) is 2.93. The van der Waals surface area contributed by atoms with Gasteiger partial charge in [0.05, 0.1) is 10.2 Å². The molecule has 22 heavy (non-hydrogen) atoms. The lowest BCUT2D eigenvalue weighted by Gasteiger charge is -2.09. The van der Waals surface area contributed by atoms with Crippen molar-refractivity contribution in [3.05, 3.63) is 27.5 Å². The standard InChI is InChI=1S/C14H12BrN3O3S/c1-17-9-3-2-8(15)6-10(9)22-14(17)16-11(19)7-18-12(20)4-5-13(18)21/h2-3,6H,4-5,7H2,1H3. The van der Waals surface area contributed by atoms with Crippen LogP contribution in [0, 0.1) is 0 Å².